The van der Waals surface area contributed by atoms with E-state index in [1.54, 1.807) is 0 Å². The molecule has 0 radical (unpaired) electrons. The largest absolute Gasteiger partial charge is 2.00 e. The van der Waals surface area contributed by atoms with Crippen LogP contribution in [0, 0.1) is 38.5 Å². The fourth-order valence-electron chi connectivity index (χ4n) is 7.31. The SMILES string of the molecule is C=Cc1c2[n-]c(c1C)/C=C1\[N-]C(C3=c4[n-]c(c(C)c4=C(O)[C@@H]3C(O)OC)/C=c3\[n-]/c(c(C)c3CC)=C\2)[C@@H](CCC(=O)O)[C@@H]1C.[Mg+2]. The Bertz CT molecular complexity index is 1980. The zero-order valence-corrected chi connectivity index (χ0v) is 28.1. The molecule has 5 heterocycles. The molecule has 5 atom stereocenters. The molecule has 9 nitrogen and oxygen atoms in total. The zero-order valence-electron chi connectivity index (χ0n) is 26.7. The van der Waals surface area contributed by atoms with Gasteiger partial charge in [-0.05, 0) is 56.2 Å². The molecule has 232 valence electrons. The van der Waals surface area contributed by atoms with Crippen LogP contribution < -0.4 is 36.2 Å². The van der Waals surface area contributed by atoms with E-state index in [-0.39, 0.29) is 47.1 Å². The van der Waals surface area contributed by atoms with Crippen LogP contribution in [-0.4, -0.2) is 63.8 Å². The van der Waals surface area contributed by atoms with Crippen LogP contribution >= 0.6 is 0 Å². The van der Waals surface area contributed by atoms with E-state index >= 15 is 0 Å². The van der Waals surface area contributed by atoms with Crippen LogP contribution in [0.15, 0.2) is 12.3 Å². The summed E-state index contributed by atoms with van der Waals surface area (Å²) in [5.74, 6) is -2.14. The molecule has 6 rings (SSSR count). The van der Waals surface area contributed by atoms with E-state index in [4.69, 9.17) is 25.0 Å². The Morgan fingerprint density at radius 3 is 2.38 bits per heavy atom. The van der Waals surface area contributed by atoms with E-state index in [1.165, 1.54) is 7.11 Å². The van der Waals surface area contributed by atoms with E-state index < -0.39 is 24.2 Å². The number of rotatable bonds is 7. The summed E-state index contributed by atoms with van der Waals surface area (Å²) in [5, 5.41) is 40.3. The van der Waals surface area contributed by atoms with Gasteiger partial charge in [0.2, 0.25) is 0 Å². The Morgan fingerprint density at radius 2 is 1.73 bits per heavy atom. The van der Waals surface area contributed by atoms with Gasteiger partial charge in [0.1, 0.15) is 5.76 Å². The second-order valence-electron chi connectivity index (χ2n) is 12.1. The van der Waals surface area contributed by atoms with Crippen LogP contribution in [0.3, 0.4) is 0 Å². The van der Waals surface area contributed by atoms with Crippen molar-refractivity contribution in [2.75, 3.05) is 7.11 Å². The van der Waals surface area contributed by atoms with Crippen molar-refractivity contribution in [1.29, 1.82) is 0 Å². The van der Waals surface area contributed by atoms with Crippen LogP contribution in [0.2, 0.25) is 0 Å². The van der Waals surface area contributed by atoms with Crippen molar-refractivity contribution in [1.82, 2.24) is 15.0 Å². The molecule has 3 aliphatic rings. The van der Waals surface area contributed by atoms with Crippen molar-refractivity contribution in [2.24, 2.45) is 17.8 Å². The molecule has 2 unspecified atom stereocenters. The smallest absolute Gasteiger partial charge is 0.681 e. The first-order valence-electron chi connectivity index (χ1n) is 15.1. The average molecular weight is 619 g/mol. The number of allylic oxidation sites excluding steroid dienone is 1. The topological polar surface area (TPSA) is 143 Å². The number of ether oxygens (including phenoxy) is 1. The molecule has 1 fully saturated rings. The summed E-state index contributed by atoms with van der Waals surface area (Å²) in [5.41, 5.74) is 8.48. The number of carboxylic acid groups (broad SMARTS) is 1. The molecule has 1 saturated heterocycles. The van der Waals surface area contributed by atoms with Gasteiger partial charge in [0.25, 0.3) is 0 Å². The minimum atomic E-state index is -1.34. The number of aliphatic hydroxyl groups excluding tert-OH is 2. The molecule has 45 heavy (non-hydrogen) atoms. The maximum atomic E-state index is 11.7. The summed E-state index contributed by atoms with van der Waals surface area (Å²) in [6.45, 7) is 14.2. The molecule has 3 aromatic rings. The van der Waals surface area contributed by atoms with E-state index in [2.05, 4.69) is 20.4 Å². The molecule has 3 N–H and O–H groups in total. The van der Waals surface area contributed by atoms with Crippen molar-refractivity contribution < 1.29 is 24.9 Å². The Kier molecular flexibility index (Phi) is 9.07. The van der Waals surface area contributed by atoms with Crippen LogP contribution in [0.25, 0.3) is 41.0 Å². The van der Waals surface area contributed by atoms with Gasteiger partial charge in [-0.2, -0.15) is 5.70 Å². The van der Waals surface area contributed by atoms with Gasteiger partial charge in [-0.15, -0.1) is 33.1 Å². The van der Waals surface area contributed by atoms with E-state index in [0.717, 1.165) is 62.0 Å². The Balaban J connectivity index is 0.00000400. The van der Waals surface area contributed by atoms with Gasteiger partial charge in [0.15, 0.2) is 6.29 Å². The Morgan fingerprint density at radius 1 is 1.04 bits per heavy atom. The maximum absolute atomic E-state index is 11.7. The quantitative estimate of drug-likeness (QED) is 0.268. The zero-order chi connectivity index (χ0) is 31.6. The first kappa shape index (κ1) is 32.9. The maximum Gasteiger partial charge on any atom is 2.00 e. The fourth-order valence-corrected chi connectivity index (χ4v) is 7.31. The van der Waals surface area contributed by atoms with Crippen molar-refractivity contribution in [3.63, 3.8) is 0 Å². The predicted molar refractivity (Wildman–Crippen MR) is 175 cm³/mol. The molecular weight excluding hydrogens is 581 g/mol. The molecule has 0 saturated carbocycles. The minimum absolute atomic E-state index is 0. The number of aliphatic hydroxyl groups is 2. The summed E-state index contributed by atoms with van der Waals surface area (Å²) in [4.78, 5) is 26.8. The molecule has 2 aliphatic heterocycles. The number of carbonyl (C=O) groups is 1. The Labute approximate surface area is 278 Å². The summed E-state index contributed by atoms with van der Waals surface area (Å²) in [6.07, 6.45) is 7.52. The molecule has 3 aromatic heterocycles. The van der Waals surface area contributed by atoms with Crippen LogP contribution in [0.5, 0.6) is 0 Å². The molecular formula is C35H38MgN4O5-2. The number of fused-ring (bicyclic) bond motifs is 8. The van der Waals surface area contributed by atoms with Gasteiger partial charge in [-0.1, -0.05) is 78.6 Å². The third-order valence-corrected chi connectivity index (χ3v) is 9.81. The van der Waals surface area contributed by atoms with E-state index in [1.807, 2.05) is 45.1 Å². The van der Waals surface area contributed by atoms with Crippen LogP contribution in [0.4, 0.5) is 0 Å². The van der Waals surface area contributed by atoms with Crippen molar-refractivity contribution in [3.05, 3.63) is 83.8 Å². The van der Waals surface area contributed by atoms with Gasteiger partial charge in [0.05, 0.1) is 5.92 Å². The van der Waals surface area contributed by atoms with Crippen LogP contribution in [-0.2, 0) is 16.0 Å². The number of nitrogens with zero attached hydrogens (tertiary/aromatic N) is 4. The second-order valence-corrected chi connectivity index (χ2v) is 12.1. The van der Waals surface area contributed by atoms with Gasteiger partial charge >= 0.3 is 29.0 Å². The van der Waals surface area contributed by atoms with Crippen LogP contribution in [0.1, 0.15) is 71.6 Å². The number of carboxylic acids is 1. The average Bonchev–Trinajstić information content (AvgIpc) is 3.72. The van der Waals surface area contributed by atoms with Gasteiger partial charge < -0.3 is 40.3 Å². The number of methoxy groups -OCH3 is 1. The van der Waals surface area contributed by atoms with Gasteiger partial charge in [-0.25, -0.2) is 0 Å². The molecule has 0 amide bonds. The van der Waals surface area contributed by atoms with Crippen molar-refractivity contribution in [3.8, 4) is 0 Å². The van der Waals surface area contributed by atoms with E-state index in [0.29, 0.717) is 28.3 Å². The predicted octanol–water partition coefficient (Wildman–Crippen LogP) is 1.60. The van der Waals surface area contributed by atoms with Crippen molar-refractivity contribution in [2.45, 2.75) is 66.2 Å². The fraction of sp³-hybridized carbons (Fsp3) is 0.400. The van der Waals surface area contributed by atoms with E-state index in [9.17, 15) is 20.1 Å². The standard InChI is InChI=1S/C35H38N4O5.Mg/c1-8-19-15(3)22-12-24-17(5)21(10-11-28(40)41)32(38-24)30-31(35(43)44-7)34(42)29-18(6)25(39-33(29)30)14-27-20(9-2)16(4)23(37-27)13-26(19)36-22;/h8,12-14,17,21,31-32,35,42-43H,1,9-11H2,2-7H3,(H,40,41);/q-4;+2/b23-13-,24-12-,27-14-;/t17-,21-,31+,32?,35?;/m0./s1. The molecule has 8 bridgehead atoms. The third kappa shape index (κ3) is 5.21. The number of aliphatic carboxylic acids is 1. The molecule has 10 heteroatoms. The third-order valence-electron chi connectivity index (χ3n) is 9.81. The second kappa shape index (κ2) is 12.4. The summed E-state index contributed by atoms with van der Waals surface area (Å²) < 4.78 is 5.36. The normalized spacial score (nSPS) is 24.9. The molecule has 0 spiro atoms. The number of hydrogen-bond donors (Lipinski definition) is 3. The van der Waals surface area contributed by atoms with Gasteiger partial charge in [-0.3, -0.25) is 4.79 Å². The summed E-state index contributed by atoms with van der Waals surface area (Å²) in [7, 11) is 1.39. The number of hydrogen-bond acceptors (Lipinski definition) is 4. The minimum Gasteiger partial charge on any atom is -0.681 e. The first-order chi connectivity index (χ1) is 21.0. The van der Waals surface area contributed by atoms with Gasteiger partial charge in [0, 0.05) is 13.5 Å². The first-order valence-corrected chi connectivity index (χ1v) is 15.1. The monoisotopic (exact) mass is 618 g/mol. The molecule has 1 aliphatic carbocycles. The van der Waals surface area contributed by atoms with Crippen molar-refractivity contribution >= 4 is 64.7 Å². The molecule has 0 aromatic carbocycles. The number of aromatic nitrogens is 3. The Hall–Kier alpha value is -3.44. The summed E-state index contributed by atoms with van der Waals surface area (Å²) >= 11 is 0. The summed E-state index contributed by atoms with van der Waals surface area (Å²) in [6, 6.07) is -0.541.